The van der Waals surface area contributed by atoms with Crippen molar-refractivity contribution in [1.82, 2.24) is 0 Å². The van der Waals surface area contributed by atoms with E-state index in [-0.39, 0.29) is 29.5 Å². The first-order valence-corrected chi connectivity index (χ1v) is 9.49. The molecule has 170 valence electrons. The second kappa shape index (κ2) is 13.9. The van der Waals surface area contributed by atoms with Crippen molar-refractivity contribution in [1.29, 1.82) is 0 Å². The molecule has 1 rings (SSSR count). The monoisotopic (exact) mass is 471 g/mol. The minimum Gasteiger partial charge on any atom is -0.515 e. The third-order valence-corrected chi connectivity index (χ3v) is 4.37. The zero-order valence-corrected chi connectivity index (χ0v) is 17.9. The minimum absolute atomic E-state index is 0. The van der Waals surface area contributed by atoms with E-state index in [1.807, 2.05) is 0 Å². The summed E-state index contributed by atoms with van der Waals surface area (Å²) in [7, 11) is 0. The van der Waals surface area contributed by atoms with E-state index in [2.05, 4.69) is 23.4 Å². The Morgan fingerprint density at radius 1 is 1.23 bits per heavy atom. The Labute approximate surface area is 185 Å². The average molecular weight is 472 g/mol. The molecule has 1 unspecified atom stereocenters. The Morgan fingerprint density at radius 2 is 1.87 bits per heavy atom. The fraction of sp³-hybridized carbons (Fsp3) is 0.524. The number of carbonyl (C=O) groups excluding carboxylic acids is 1. The largest absolute Gasteiger partial charge is 0.515 e. The fourth-order valence-electron chi connectivity index (χ4n) is 2.52. The van der Waals surface area contributed by atoms with E-state index in [1.165, 1.54) is 6.42 Å². The fourth-order valence-corrected chi connectivity index (χ4v) is 2.52. The number of allylic oxidation sites excluding steroid dienone is 1. The third kappa shape index (κ3) is 9.53. The summed E-state index contributed by atoms with van der Waals surface area (Å²) < 4.78 is 47.7. The molecule has 9 heteroatoms. The summed E-state index contributed by atoms with van der Waals surface area (Å²) in [6.07, 6.45) is -0.431. The molecule has 0 saturated carbocycles. The number of hydrogen-bond donors (Lipinski definition) is 1. The zero-order chi connectivity index (χ0) is 21.9. The van der Waals surface area contributed by atoms with Gasteiger partial charge in [-0.15, -0.1) is 0 Å². The van der Waals surface area contributed by atoms with Crippen LogP contribution in [0, 0.1) is 12.5 Å². The number of aliphatic hydroxyl groups excluding tert-OH is 1. The Morgan fingerprint density at radius 3 is 2.37 bits per heavy atom. The second-order valence-electron chi connectivity index (χ2n) is 6.56. The molecule has 1 aromatic carbocycles. The Balaban J connectivity index is 0.00000841. The number of aliphatic hydroxyl groups is 1. The molecular formula is C21H26F3NNiO4. The molecule has 0 heterocycles. The van der Waals surface area contributed by atoms with Gasteiger partial charge >= 0.3 is 17.8 Å². The van der Waals surface area contributed by atoms with E-state index in [0.717, 1.165) is 24.8 Å². The second-order valence-corrected chi connectivity index (χ2v) is 6.56. The number of hydrogen-bond acceptors (Lipinski definition) is 4. The van der Waals surface area contributed by atoms with Crippen molar-refractivity contribution in [3.8, 4) is 5.75 Å². The van der Waals surface area contributed by atoms with Crippen LogP contribution >= 0.6 is 0 Å². The number of esters is 1. The Hall–Kier alpha value is -2.20. The zero-order valence-electron chi connectivity index (χ0n) is 16.9. The number of nitrogens with zero attached hydrogens (tertiary/aromatic N) is 1. The normalized spacial score (nSPS) is 12.8. The molecule has 1 N–H and O–H groups in total. The van der Waals surface area contributed by atoms with E-state index in [4.69, 9.17) is 16.4 Å². The summed E-state index contributed by atoms with van der Waals surface area (Å²) >= 11 is 0. The van der Waals surface area contributed by atoms with Gasteiger partial charge < -0.3 is 14.6 Å². The number of alkyl halides is 3. The first kappa shape index (κ1) is 27.8. The Bertz CT molecular complexity index is 727. The number of benzene rings is 1. The molecule has 0 fully saturated rings. The molecular weight excluding hydrogens is 446 g/mol. The van der Waals surface area contributed by atoms with Crippen LogP contribution in [0.25, 0.3) is 4.85 Å². The van der Waals surface area contributed by atoms with Gasteiger partial charge in [-0.1, -0.05) is 45.2 Å². The molecule has 0 amide bonds. The molecule has 0 bridgehead atoms. The number of halogens is 3. The van der Waals surface area contributed by atoms with Crippen molar-refractivity contribution in [2.75, 3.05) is 13.2 Å². The maximum Gasteiger partial charge on any atom is 0.438 e. The van der Waals surface area contributed by atoms with Crippen LogP contribution in [0.1, 0.15) is 45.1 Å². The van der Waals surface area contributed by atoms with Crippen LogP contribution in [0.2, 0.25) is 0 Å². The predicted octanol–water partition coefficient (Wildman–Crippen LogP) is 5.62. The third-order valence-electron chi connectivity index (χ3n) is 4.37. The summed E-state index contributed by atoms with van der Waals surface area (Å²) in [5, 5.41) is 8.94. The molecule has 30 heavy (non-hydrogen) atoms. The van der Waals surface area contributed by atoms with Crippen LogP contribution in [0.3, 0.4) is 0 Å². The number of unbranched alkanes of at least 4 members (excludes halogenated alkanes) is 1. The molecule has 1 atom stereocenters. The van der Waals surface area contributed by atoms with Crippen LogP contribution in [0.4, 0.5) is 13.2 Å². The van der Waals surface area contributed by atoms with Gasteiger partial charge in [0, 0.05) is 22.9 Å². The van der Waals surface area contributed by atoms with E-state index in [1.54, 1.807) is 24.3 Å². The summed E-state index contributed by atoms with van der Waals surface area (Å²) in [6.45, 7) is 11.3. The number of rotatable bonds is 11. The summed E-state index contributed by atoms with van der Waals surface area (Å²) in [5.74, 6) is -2.53. The smallest absolute Gasteiger partial charge is 0.438 e. The van der Waals surface area contributed by atoms with Crippen molar-refractivity contribution < 1.29 is 49.0 Å². The van der Waals surface area contributed by atoms with Crippen molar-refractivity contribution in [2.45, 2.75) is 52.1 Å². The summed E-state index contributed by atoms with van der Waals surface area (Å²) in [4.78, 5) is 14.0. The average Bonchev–Trinajstić information content (AvgIpc) is 2.69. The molecule has 0 aliphatic carbocycles. The molecule has 0 aromatic heterocycles. The van der Waals surface area contributed by atoms with Gasteiger partial charge in [0.2, 0.25) is 5.76 Å². The van der Waals surface area contributed by atoms with Crippen molar-refractivity contribution >= 4 is 5.97 Å². The SMILES string of the molecule is [C-]#[N+]/C(C(=O)OCCc1ccc(OCC(CC)CCCC)cc1)=C(/O)C(F)(F)F.[Ni]. The van der Waals surface area contributed by atoms with Gasteiger partial charge in [-0.2, -0.15) is 13.2 Å². The van der Waals surface area contributed by atoms with Gasteiger partial charge in [-0.05, 0) is 30.0 Å². The maximum atomic E-state index is 12.4. The Kier molecular flexibility index (Phi) is 12.9. The maximum absolute atomic E-state index is 12.4. The van der Waals surface area contributed by atoms with Crippen molar-refractivity contribution in [3.05, 3.63) is 52.7 Å². The minimum atomic E-state index is -5.18. The van der Waals surface area contributed by atoms with Crippen LogP contribution in [-0.2, 0) is 32.4 Å². The van der Waals surface area contributed by atoms with Crippen LogP contribution in [0.15, 0.2) is 35.7 Å². The van der Waals surface area contributed by atoms with Gasteiger partial charge in [0.25, 0.3) is 0 Å². The van der Waals surface area contributed by atoms with Gasteiger partial charge in [-0.25, -0.2) is 4.85 Å². The van der Waals surface area contributed by atoms with Crippen LogP contribution < -0.4 is 4.74 Å². The van der Waals surface area contributed by atoms with Crippen molar-refractivity contribution in [3.63, 3.8) is 0 Å². The van der Waals surface area contributed by atoms with Gasteiger partial charge in [0.05, 0.1) is 19.8 Å². The van der Waals surface area contributed by atoms with Crippen molar-refractivity contribution in [2.24, 2.45) is 5.92 Å². The first-order valence-electron chi connectivity index (χ1n) is 9.49. The molecule has 1 aromatic rings. The molecule has 5 nitrogen and oxygen atoms in total. The quantitative estimate of drug-likeness (QED) is 0.150. The summed E-state index contributed by atoms with van der Waals surface area (Å²) in [6, 6.07) is 7.11. The predicted molar refractivity (Wildman–Crippen MR) is 102 cm³/mol. The number of carbonyl (C=O) groups is 1. The molecule has 0 spiro atoms. The standard InChI is InChI=1S/C21H26F3NO4.Ni/c1-4-6-7-15(5-2)14-29-17-10-8-16(9-11-17)12-13-28-20(27)18(25-3)19(26)21(22,23)24;/h8-11,15,26H,4-7,12-14H2,1-2H3;/b19-18+;. The molecule has 0 aliphatic heterocycles. The van der Waals surface area contributed by atoms with E-state index < -0.39 is 23.6 Å². The van der Waals surface area contributed by atoms with E-state index >= 15 is 0 Å². The van der Waals surface area contributed by atoms with Crippen LogP contribution in [-0.4, -0.2) is 30.5 Å². The van der Waals surface area contributed by atoms with Gasteiger partial charge in [0.1, 0.15) is 5.75 Å². The topological polar surface area (TPSA) is 60.1 Å². The van der Waals surface area contributed by atoms with E-state index in [9.17, 15) is 18.0 Å². The van der Waals surface area contributed by atoms with E-state index in [0.29, 0.717) is 18.3 Å². The number of ether oxygens (including phenoxy) is 2. The first-order chi connectivity index (χ1) is 13.7. The van der Waals surface area contributed by atoms with Crippen LogP contribution in [0.5, 0.6) is 5.75 Å². The molecule has 0 radical (unpaired) electrons. The summed E-state index contributed by atoms with van der Waals surface area (Å²) in [5.41, 5.74) is -0.689. The van der Waals surface area contributed by atoms with Gasteiger partial charge in [-0.3, -0.25) is 4.79 Å². The molecule has 0 aliphatic rings. The van der Waals surface area contributed by atoms with Gasteiger partial charge in [0.15, 0.2) is 0 Å². The molecule has 0 saturated heterocycles.